The molecule has 0 bridgehead atoms. The Morgan fingerprint density at radius 2 is 1.92 bits per heavy atom. The lowest BCUT2D eigenvalue weighted by Gasteiger charge is -2.36. The van der Waals surface area contributed by atoms with Crippen molar-refractivity contribution < 1.29 is 9.90 Å². The number of carbonyl (C=O) groups is 1. The van der Waals surface area contributed by atoms with E-state index >= 15 is 0 Å². The quantitative estimate of drug-likeness (QED) is 0.747. The lowest BCUT2D eigenvalue weighted by atomic mass is 9.86. The number of likely N-dealkylation sites (tertiary alicyclic amines) is 1. The summed E-state index contributed by atoms with van der Waals surface area (Å²) in [4.78, 5) is 18.4. The van der Waals surface area contributed by atoms with E-state index in [9.17, 15) is 9.90 Å². The van der Waals surface area contributed by atoms with Crippen LogP contribution in [-0.4, -0.2) is 40.1 Å². The van der Waals surface area contributed by atoms with Crippen molar-refractivity contribution in [2.45, 2.75) is 18.4 Å². The Labute approximate surface area is 152 Å². The Balaban J connectivity index is 1.51. The molecule has 0 unspecified atom stereocenters. The molecule has 1 fully saturated rings. The maximum absolute atomic E-state index is 12.6. The summed E-state index contributed by atoms with van der Waals surface area (Å²) >= 11 is 0. The fourth-order valence-electron chi connectivity index (χ4n) is 3.67. The van der Waals surface area contributed by atoms with E-state index in [2.05, 4.69) is 35.3 Å². The van der Waals surface area contributed by atoms with Crippen molar-refractivity contribution in [2.75, 3.05) is 18.8 Å². The van der Waals surface area contributed by atoms with Crippen LogP contribution in [0.25, 0.3) is 10.8 Å². The van der Waals surface area contributed by atoms with E-state index in [-0.39, 0.29) is 11.8 Å². The first-order valence-electron chi connectivity index (χ1n) is 8.79. The van der Waals surface area contributed by atoms with Gasteiger partial charge < -0.3 is 15.7 Å². The second kappa shape index (κ2) is 6.77. The zero-order valence-electron chi connectivity index (χ0n) is 14.4. The first-order chi connectivity index (χ1) is 12.6. The number of nitrogens with zero attached hydrogens (tertiary/aromatic N) is 2. The number of benzene rings is 2. The Kier molecular flexibility index (Phi) is 4.31. The molecule has 2 atom stereocenters. The van der Waals surface area contributed by atoms with Crippen molar-refractivity contribution in [3.05, 3.63) is 72.1 Å². The number of aliphatic hydroxyl groups excluding tert-OH is 1. The van der Waals surface area contributed by atoms with Crippen LogP contribution in [0.1, 0.15) is 28.4 Å². The van der Waals surface area contributed by atoms with Gasteiger partial charge in [0, 0.05) is 30.9 Å². The van der Waals surface area contributed by atoms with Crippen LogP contribution < -0.4 is 5.73 Å². The van der Waals surface area contributed by atoms with Gasteiger partial charge in [-0.1, -0.05) is 42.5 Å². The van der Waals surface area contributed by atoms with Gasteiger partial charge in [-0.15, -0.1) is 0 Å². The van der Waals surface area contributed by atoms with Gasteiger partial charge in [-0.25, -0.2) is 0 Å². The predicted octanol–water partition coefficient (Wildman–Crippen LogP) is 2.81. The number of nitrogens with two attached hydrogens (primary N) is 1. The molecule has 2 heterocycles. The summed E-state index contributed by atoms with van der Waals surface area (Å²) in [5, 5.41) is 13.0. The maximum atomic E-state index is 12.6. The number of aromatic nitrogens is 1. The largest absolute Gasteiger partial charge is 0.399 e. The van der Waals surface area contributed by atoms with Crippen molar-refractivity contribution in [3.8, 4) is 0 Å². The smallest absolute Gasteiger partial charge is 0.272 e. The molecule has 1 aliphatic rings. The highest BCUT2D eigenvalue weighted by Crippen LogP contribution is 2.31. The molecule has 1 aromatic heterocycles. The molecule has 3 aromatic rings. The molecule has 0 aliphatic carbocycles. The van der Waals surface area contributed by atoms with E-state index in [0.29, 0.717) is 30.9 Å². The number of pyridine rings is 1. The highest BCUT2D eigenvalue weighted by molar-refractivity contribution is 5.93. The van der Waals surface area contributed by atoms with Crippen molar-refractivity contribution in [1.82, 2.24) is 9.88 Å². The standard InChI is InChI=1S/C21H21N3O2/c22-17-7-9-23-19(12-17)21(26)24-10-8-18(20(25)13-24)16-6-5-14-3-1-2-4-15(14)11-16/h1-7,9,11-12,18,20,25H,8,10,13H2,(H2,22,23)/t18-,20+/m0/s1. The molecule has 5 heteroatoms. The molecule has 1 amide bonds. The van der Waals surface area contributed by atoms with Gasteiger partial charge in [0.25, 0.3) is 5.91 Å². The van der Waals surface area contributed by atoms with E-state index in [1.165, 1.54) is 17.0 Å². The summed E-state index contributed by atoms with van der Waals surface area (Å²) in [5.41, 5.74) is 7.68. The Bertz CT molecular complexity index is 957. The fourth-order valence-corrected chi connectivity index (χ4v) is 3.67. The zero-order chi connectivity index (χ0) is 18.1. The molecule has 26 heavy (non-hydrogen) atoms. The van der Waals surface area contributed by atoms with Crippen molar-refractivity contribution >= 4 is 22.4 Å². The number of amides is 1. The average molecular weight is 347 g/mol. The number of rotatable bonds is 2. The first kappa shape index (κ1) is 16.5. The van der Waals surface area contributed by atoms with Crippen LogP contribution >= 0.6 is 0 Å². The maximum Gasteiger partial charge on any atom is 0.272 e. The molecule has 132 valence electrons. The molecular formula is C21H21N3O2. The molecule has 4 rings (SSSR count). The highest BCUT2D eigenvalue weighted by atomic mass is 16.3. The summed E-state index contributed by atoms with van der Waals surface area (Å²) in [6.45, 7) is 0.886. The monoisotopic (exact) mass is 347 g/mol. The van der Waals surface area contributed by atoms with Gasteiger partial charge in [0.05, 0.1) is 6.10 Å². The molecule has 3 N–H and O–H groups in total. The summed E-state index contributed by atoms with van der Waals surface area (Å²) in [6.07, 6.45) is 1.64. The number of aliphatic hydroxyl groups is 1. The first-order valence-corrected chi connectivity index (χ1v) is 8.79. The predicted molar refractivity (Wildman–Crippen MR) is 102 cm³/mol. The number of fused-ring (bicyclic) bond motifs is 1. The minimum atomic E-state index is -0.602. The third kappa shape index (κ3) is 3.13. The molecule has 0 radical (unpaired) electrons. The van der Waals surface area contributed by atoms with Crippen LogP contribution in [0.4, 0.5) is 5.69 Å². The molecule has 1 saturated heterocycles. The number of nitrogen functional groups attached to an aromatic ring is 1. The van der Waals surface area contributed by atoms with Gasteiger partial charge in [-0.3, -0.25) is 9.78 Å². The molecular weight excluding hydrogens is 326 g/mol. The van der Waals surface area contributed by atoms with Gasteiger partial charge in [0.15, 0.2) is 0 Å². The lowest BCUT2D eigenvalue weighted by molar-refractivity contribution is 0.0378. The van der Waals surface area contributed by atoms with Gasteiger partial charge in [-0.05, 0) is 34.9 Å². The van der Waals surface area contributed by atoms with Gasteiger partial charge in [0.1, 0.15) is 5.69 Å². The normalized spacial score (nSPS) is 20.3. The Morgan fingerprint density at radius 3 is 2.69 bits per heavy atom. The van der Waals surface area contributed by atoms with Crippen molar-refractivity contribution in [3.63, 3.8) is 0 Å². The lowest BCUT2D eigenvalue weighted by Crippen LogP contribution is -2.46. The Hall–Kier alpha value is -2.92. The van der Waals surface area contributed by atoms with Crippen LogP contribution in [0.5, 0.6) is 0 Å². The van der Waals surface area contributed by atoms with E-state index in [1.807, 2.05) is 12.1 Å². The molecule has 1 aliphatic heterocycles. The summed E-state index contributed by atoms with van der Waals surface area (Å²) in [5.74, 6) is -0.161. The molecule has 5 nitrogen and oxygen atoms in total. The van der Waals surface area contributed by atoms with Crippen molar-refractivity contribution in [2.24, 2.45) is 0 Å². The van der Waals surface area contributed by atoms with E-state index < -0.39 is 6.10 Å². The molecule has 2 aromatic carbocycles. The Morgan fingerprint density at radius 1 is 1.12 bits per heavy atom. The van der Waals surface area contributed by atoms with Gasteiger partial charge in [0.2, 0.25) is 0 Å². The van der Waals surface area contributed by atoms with Gasteiger partial charge >= 0.3 is 0 Å². The number of carbonyl (C=O) groups excluding carboxylic acids is 1. The minimum Gasteiger partial charge on any atom is -0.399 e. The second-order valence-electron chi connectivity index (χ2n) is 6.79. The number of hydrogen-bond acceptors (Lipinski definition) is 4. The van der Waals surface area contributed by atoms with Crippen LogP contribution in [0, 0.1) is 0 Å². The molecule has 0 saturated carbocycles. The fraction of sp³-hybridized carbons (Fsp3) is 0.238. The molecule has 0 spiro atoms. The third-order valence-electron chi connectivity index (χ3n) is 5.07. The highest BCUT2D eigenvalue weighted by Gasteiger charge is 2.32. The summed E-state index contributed by atoms with van der Waals surface area (Å²) < 4.78 is 0. The van der Waals surface area contributed by atoms with Crippen LogP contribution in [0.15, 0.2) is 60.8 Å². The summed E-state index contributed by atoms with van der Waals surface area (Å²) in [6, 6.07) is 17.7. The van der Waals surface area contributed by atoms with E-state index in [0.717, 1.165) is 5.56 Å². The summed E-state index contributed by atoms with van der Waals surface area (Å²) in [7, 11) is 0. The number of anilines is 1. The van der Waals surface area contributed by atoms with E-state index in [4.69, 9.17) is 5.73 Å². The van der Waals surface area contributed by atoms with Gasteiger partial charge in [-0.2, -0.15) is 0 Å². The minimum absolute atomic E-state index is 0.0254. The second-order valence-corrected chi connectivity index (χ2v) is 6.79. The topological polar surface area (TPSA) is 79.5 Å². The number of β-amino-alcohol motifs (C(OH)–C–C–N with tert-alkyl or cyclic N) is 1. The number of piperidine rings is 1. The van der Waals surface area contributed by atoms with Crippen LogP contribution in [0.3, 0.4) is 0 Å². The zero-order valence-corrected chi connectivity index (χ0v) is 14.4. The van der Waals surface area contributed by atoms with Crippen LogP contribution in [-0.2, 0) is 0 Å². The SMILES string of the molecule is Nc1ccnc(C(=O)N2CC[C@@H](c3ccc4ccccc4c3)[C@H](O)C2)c1. The third-order valence-corrected chi connectivity index (χ3v) is 5.07. The van der Waals surface area contributed by atoms with E-state index in [1.54, 1.807) is 17.0 Å². The number of hydrogen-bond donors (Lipinski definition) is 2. The average Bonchev–Trinajstić information content (AvgIpc) is 2.67. The van der Waals surface area contributed by atoms with Crippen molar-refractivity contribution in [1.29, 1.82) is 0 Å². The van der Waals surface area contributed by atoms with Crippen LogP contribution in [0.2, 0.25) is 0 Å².